The van der Waals surface area contributed by atoms with Crippen LogP contribution in [-0.2, 0) is 6.54 Å². The number of nitrogens with one attached hydrogen (secondary N) is 1. The van der Waals surface area contributed by atoms with Crippen molar-refractivity contribution in [1.29, 1.82) is 10.5 Å². The Bertz CT molecular complexity index is 1020. The lowest BCUT2D eigenvalue weighted by Gasteiger charge is -2.09. The third-order valence-corrected chi connectivity index (χ3v) is 4.21. The second-order valence-electron chi connectivity index (χ2n) is 5.75. The van der Waals surface area contributed by atoms with Gasteiger partial charge in [-0.1, -0.05) is 0 Å². The van der Waals surface area contributed by atoms with Gasteiger partial charge in [0.25, 0.3) is 0 Å². The summed E-state index contributed by atoms with van der Waals surface area (Å²) in [6.45, 7) is 6.42. The predicted octanol–water partition coefficient (Wildman–Crippen LogP) is 2.90. The van der Waals surface area contributed by atoms with Crippen LogP contribution in [0.2, 0.25) is 0 Å². The van der Waals surface area contributed by atoms with Crippen molar-refractivity contribution in [2.75, 3.05) is 5.73 Å². The first kappa shape index (κ1) is 16.3. The Labute approximate surface area is 145 Å². The van der Waals surface area contributed by atoms with Crippen LogP contribution in [0.1, 0.15) is 29.6 Å². The number of anilines is 1. The lowest BCUT2D eigenvalue weighted by atomic mass is 9.99. The lowest BCUT2D eigenvalue weighted by Crippen LogP contribution is -2.00. The van der Waals surface area contributed by atoms with Gasteiger partial charge in [-0.25, -0.2) is 4.98 Å². The van der Waals surface area contributed by atoms with Gasteiger partial charge in [0.15, 0.2) is 0 Å². The molecule has 0 unspecified atom stereocenters. The summed E-state index contributed by atoms with van der Waals surface area (Å²) in [5.74, 6) is 0.165. The maximum absolute atomic E-state index is 9.52. The first-order chi connectivity index (χ1) is 12.0. The SMILES string of the molecule is CCn1cc(-c2cc(-c3c(C)n[nH]c3C)nc(N)c2C#N)cc1C#N. The zero-order valence-corrected chi connectivity index (χ0v) is 14.3. The van der Waals surface area contributed by atoms with E-state index in [1.165, 1.54) is 0 Å². The fourth-order valence-electron chi connectivity index (χ4n) is 2.98. The first-order valence-corrected chi connectivity index (χ1v) is 7.83. The molecule has 3 aromatic rings. The van der Waals surface area contributed by atoms with Crippen molar-refractivity contribution in [2.24, 2.45) is 0 Å². The molecule has 0 fully saturated rings. The molecule has 3 rings (SSSR count). The van der Waals surface area contributed by atoms with E-state index >= 15 is 0 Å². The predicted molar refractivity (Wildman–Crippen MR) is 94.2 cm³/mol. The standard InChI is InChI=1S/C18H17N7/c1-4-25-9-12(5-13(25)7-19)14-6-16(22-18(21)15(14)8-20)17-10(2)23-24-11(17)3/h5-6,9H,4H2,1-3H3,(H2,21,22)(H,23,24). The van der Waals surface area contributed by atoms with Gasteiger partial charge in [-0.2, -0.15) is 15.6 Å². The topological polar surface area (TPSA) is 120 Å². The molecule has 7 heteroatoms. The van der Waals surface area contributed by atoms with E-state index in [1.54, 1.807) is 6.07 Å². The molecule has 124 valence electrons. The molecule has 0 radical (unpaired) electrons. The third-order valence-electron chi connectivity index (χ3n) is 4.21. The average Bonchev–Trinajstić information content (AvgIpc) is 3.17. The molecule has 0 aliphatic carbocycles. The summed E-state index contributed by atoms with van der Waals surface area (Å²) in [4.78, 5) is 4.39. The number of nitrogens with zero attached hydrogens (tertiary/aromatic N) is 5. The van der Waals surface area contributed by atoms with E-state index in [1.807, 2.05) is 37.6 Å². The van der Waals surface area contributed by atoms with Crippen molar-refractivity contribution < 1.29 is 0 Å². The van der Waals surface area contributed by atoms with Crippen LogP contribution in [0.25, 0.3) is 22.4 Å². The second-order valence-corrected chi connectivity index (χ2v) is 5.75. The Hall–Kier alpha value is -3.58. The molecular weight excluding hydrogens is 314 g/mol. The van der Waals surface area contributed by atoms with Gasteiger partial charge >= 0.3 is 0 Å². The molecule has 7 nitrogen and oxygen atoms in total. The molecule has 0 aliphatic rings. The Morgan fingerprint density at radius 1 is 1.24 bits per heavy atom. The highest BCUT2D eigenvalue weighted by molar-refractivity contribution is 5.81. The van der Waals surface area contributed by atoms with Crippen LogP contribution < -0.4 is 5.73 Å². The number of rotatable bonds is 3. The molecule has 0 atom stereocenters. The van der Waals surface area contributed by atoms with Crippen LogP contribution in [-0.4, -0.2) is 19.7 Å². The van der Waals surface area contributed by atoms with Gasteiger partial charge in [0.2, 0.25) is 0 Å². The number of pyridine rings is 1. The largest absolute Gasteiger partial charge is 0.383 e. The minimum atomic E-state index is 0.165. The molecule has 0 saturated carbocycles. The Kier molecular flexibility index (Phi) is 4.00. The number of nitrogen functional groups attached to an aromatic ring is 1. The zero-order valence-electron chi connectivity index (χ0n) is 14.3. The highest BCUT2D eigenvalue weighted by Gasteiger charge is 2.18. The molecule has 0 amide bonds. The highest BCUT2D eigenvalue weighted by Crippen LogP contribution is 2.33. The number of aryl methyl sites for hydroxylation is 3. The van der Waals surface area contributed by atoms with Gasteiger partial charge in [0.05, 0.1) is 11.4 Å². The molecular formula is C18H17N7. The number of aromatic amines is 1. The Balaban J connectivity index is 2.28. The maximum Gasteiger partial charge on any atom is 0.142 e. The fraction of sp³-hybridized carbons (Fsp3) is 0.222. The smallest absolute Gasteiger partial charge is 0.142 e. The zero-order chi connectivity index (χ0) is 18.1. The van der Waals surface area contributed by atoms with Crippen molar-refractivity contribution in [2.45, 2.75) is 27.3 Å². The average molecular weight is 331 g/mol. The number of hydrogen-bond acceptors (Lipinski definition) is 5. The summed E-state index contributed by atoms with van der Waals surface area (Å²) >= 11 is 0. The molecule has 3 heterocycles. The van der Waals surface area contributed by atoms with Crippen LogP contribution in [0.3, 0.4) is 0 Å². The number of nitrogens with two attached hydrogens (primary N) is 1. The summed E-state index contributed by atoms with van der Waals surface area (Å²) in [6.07, 6.45) is 1.85. The van der Waals surface area contributed by atoms with E-state index in [-0.39, 0.29) is 5.82 Å². The van der Waals surface area contributed by atoms with Crippen LogP contribution >= 0.6 is 0 Å². The van der Waals surface area contributed by atoms with E-state index in [9.17, 15) is 10.5 Å². The molecule has 3 N–H and O–H groups in total. The molecule has 0 aromatic carbocycles. The molecule has 0 aliphatic heterocycles. The normalized spacial score (nSPS) is 10.4. The highest BCUT2D eigenvalue weighted by atomic mass is 15.1. The monoisotopic (exact) mass is 331 g/mol. The van der Waals surface area contributed by atoms with Gasteiger partial charge in [0, 0.05) is 35.1 Å². The van der Waals surface area contributed by atoms with Crippen LogP contribution in [0.5, 0.6) is 0 Å². The molecule has 3 aromatic heterocycles. The van der Waals surface area contributed by atoms with Gasteiger partial charge in [0.1, 0.15) is 29.2 Å². The summed E-state index contributed by atoms with van der Waals surface area (Å²) in [5, 5.41) is 25.9. The number of H-pyrrole nitrogens is 1. The van der Waals surface area contributed by atoms with Crippen LogP contribution in [0, 0.1) is 36.5 Å². The minimum Gasteiger partial charge on any atom is -0.383 e. The third kappa shape index (κ3) is 2.62. The van der Waals surface area contributed by atoms with Crippen LogP contribution in [0.4, 0.5) is 5.82 Å². The number of nitriles is 2. The first-order valence-electron chi connectivity index (χ1n) is 7.83. The van der Waals surface area contributed by atoms with E-state index < -0.39 is 0 Å². The van der Waals surface area contributed by atoms with Crippen molar-refractivity contribution in [1.82, 2.24) is 19.7 Å². The Morgan fingerprint density at radius 3 is 2.52 bits per heavy atom. The van der Waals surface area contributed by atoms with Crippen LogP contribution in [0.15, 0.2) is 18.3 Å². The van der Waals surface area contributed by atoms with Gasteiger partial charge in [-0.05, 0) is 32.9 Å². The molecule has 0 bridgehead atoms. The number of aromatic nitrogens is 4. The van der Waals surface area contributed by atoms with E-state index in [4.69, 9.17) is 5.73 Å². The summed E-state index contributed by atoms with van der Waals surface area (Å²) in [7, 11) is 0. The maximum atomic E-state index is 9.52. The van der Waals surface area contributed by atoms with Crippen molar-refractivity contribution in [3.63, 3.8) is 0 Å². The van der Waals surface area contributed by atoms with Gasteiger partial charge in [-0.15, -0.1) is 0 Å². The van der Waals surface area contributed by atoms with E-state index in [0.29, 0.717) is 29.1 Å². The summed E-state index contributed by atoms with van der Waals surface area (Å²) < 4.78 is 1.83. The molecule has 25 heavy (non-hydrogen) atoms. The second kappa shape index (κ2) is 6.14. The van der Waals surface area contributed by atoms with E-state index in [2.05, 4.69) is 27.3 Å². The van der Waals surface area contributed by atoms with Gasteiger partial charge < -0.3 is 10.3 Å². The quantitative estimate of drug-likeness (QED) is 0.764. The fourth-order valence-corrected chi connectivity index (χ4v) is 2.98. The lowest BCUT2D eigenvalue weighted by molar-refractivity contribution is 0.758. The summed E-state index contributed by atoms with van der Waals surface area (Å²) in [6, 6.07) is 7.88. The van der Waals surface area contributed by atoms with E-state index in [0.717, 1.165) is 22.5 Å². The van der Waals surface area contributed by atoms with Crippen molar-refractivity contribution in [3.8, 4) is 34.5 Å². The Morgan fingerprint density at radius 2 is 2.00 bits per heavy atom. The molecule has 0 spiro atoms. The van der Waals surface area contributed by atoms with Gasteiger partial charge in [-0.3, -0.25) is 5.10 Å². The van der Waals surface area contributed by atoms with Crippen molar-refractivity contribution in [3.05, 3.63) is 41.0 Å². The van der Waals surface area contributed by atoms with Crippen molar-refractivity contribution >= 4 is 5.82 Å². The summed E-state index contributed by atoms with van der Waals surface area (Å²) in [5.41, 5.74) is 11.5. The molecule has 0 saturated heterocycles. The number of hydrogen-bond donors (Lipinski definition) is 2. The minimum absolute atomic E-state index is 0.165.